The number of amides is 1. The maximum absolute atomic E-state index is 12.3. The molecule has 2 aromatic carbocycles. The zero-order valence-corrected chi connectivity index (χ0v) is 16.5. The first-order valence-corrected chi connectivity index (χ1v) is 10.1. The number of unbranched alkanes of at least 4 members (excludes halogenated alkanes) is 1. The Morgan fingerprint density at radius 1 is 1.16 bits per heavy atom. The zero-order valence-electron chi connectivity index (χ0n) is 14.1. The fourth-order valence-electron chi connectivity index (χ4n) is 2.96. The minimum absolute atomic E-state index is 0.0670. The Kier molecular flexibility index (Phi) is 5.86. The molecule has 2 aromatic rings. The molecule has 0 radical (unpaired) electrons. The molecule has 25 heavy (non-hydrogen) atoms. The monoisotopic (exact) mass is 416 g/mol. The Morgan fingerprint density at radius 2 is 1.84 bits per heavy atom. The van der Waals surface area contributed by atoms with Crippen LogP contribution in [0, 0.1) is 0 Å². The molecule has 0 aliphatic carbocycles. The second-order valence-corrected chi connectivity index (χ2v) is 7.98. The number of carbonyl (C=O) groups excluding carboxylic acids is 1. The summed E-state index contributed by atoms with van der Waals surface area (Å²) in [6, 6.07) is 18.3. The highest BCUT2D eigenvalue weighted by atomic mass is 79.9. The van der Waals surface area contributed by atoms with Crippen molar-refractivity contribution < 1.29 is 4.79 Å². The van der Waals surface area contributed by atoms with Gasteiger partial charge in [0.2, 0.25) is 0 Å². The van der Waals surface area contributed by atoms with Gasteiger partial charge in [0.1, 0.15) is 11.1 Å². The fraction of sp³-hybridized carbons (Fsp3) is 0.250. The third-order valence-corrected chi connectivity index (χ3v) is 6.14. The summed E-state index contributed by atoms with van der Waals surface area (Å²) in [5.41, 5.74) is 8.65. The molecule has 0 saturated carbocycles. The highest BCUT2D eigenvalue weighted by molar-refractivity contribution is 9.10. The summed E-state index contributed by atoms with van der Waals surface area (Å²) in [7, 11) is 0. The van der Waals surface area contributed by atoms with Crippen LogP contribution in [0.4, 0.5) is 0 Å². The largest absolute Gasteiger partial charge is 0.364 e. The number of nitrogens with zero attached hydrogens (tertiary/aromatic N) is 1. The molecule has 0 aromatic heterocycles. The van der Waals surface area contributed by atoms with E-state index >= 15 is 0 Å². The minimum Gasteiger partial charge on any atom is -0.364 e. The van der Waals surface area contributed by atoms with Gasteiger partial charge in [-0.2, -0.15) is 0 Å². The van der Waals surface area contributed by atoms with Gasteiger partial charge < -0.3 is 10.6 Å². The van der Waals surface area contributed by atoms with Gasteiger partial charge in [0.25, 0.3) is 5.91 Å². The van der Waals surface area contributed by atoms with E-state index in [0.29, 0.717) is 5.70 Å². The Hall–Kier alpha value is -1.72. The Balaban J connectivity index is 2.04. The second-order valence-electron chi connectivity index (χ2n) is 5.98. The van der Waals surface area contributed by atoms with Crippen LogP contribution >= 0.6 is 27.7 Å². The molecule has 1 aliphatic heterocycles. The van der Waals surface area contributed by atoms with Crippen LogP contribution in [0.5, 0.6) is 0 Å². The van der Waals surface area contributed by atoms with E-state index < -0.39 is 0 Å². The Labute approximate surface area is 161 Å². The summed E-state index contributed by atoms with van der Waals surface area (Å²) in [4.78, 5) is 15.4. The molecule has 0 bridgehead atoms. The molecular formula is C20H21BrN2OS. The quantitative estimate of drug-likeness (QED) is 0.707. The summed E-state index contributed by atoms with van der Waals surface area (Å²) in [5, 5.41) is 0.0670. The van der Waals surface area contributed by atoms with E-state index in [0.717, 1.165) is 34.3 Å². The van der Waals surface area contributed by atoms with Crippen LogP contribution in [0.1, 0.15) is 36.3 Å². The van der Waals surface area contributed by atoms with Crippen LogP contribution < -0.4 is 5.73 Å². The molecule has 1 atom stereocenters. The van der Waals surface area contributed by atoms with Crippen LogP contribution in [0.15, 0.2) is 64.8 Å². The standard InChI is InChI=1S/C20H21BrN2OS/c1-2-3-13-23-17(19(22)24)18(14-7-5-4-6-8-14)25-20(23)15-9-11-16(21)12-10-15/h4-12,20H,2-3,13H2,1H3,(H2,22,24). The van der Waals surface area contributed by atoms with E-state index in [4.69, 9.17) is 5.73 Å². The molecule has 130 valence electrons. The SMILES string of the molecule is CCCCN1C(C(N)=O)=C(c2ccccc2)SC1c1ccc(Br)cc1. The third kappa shape index (κ3) is 3.93. The highest BCUT2D eigenvalue weighted by Gasteiger charge is 2.36. The van der Waals surface area contributed by atoms with Gasteiger partial charge in [-0.25, -0.2) is 0 Å². The lowest BCUT2D eigenvalue weighted by atomic mass is 10.1. The first-order chi connectivity index (χ1) is 12.1. The summed E-state index contributed by atoms with van der Waals surface area (Å²) in [6.07, 6.45) is 2.09. The van der Waals surface area contributed by atoms with Crippen molar-refractivity contribution in [3.05, 3.63) is 75.9 Å². The van der Waals surface area contributed by atoms with E-state index in [1.54, 1.807) is 11.8 Å². The van der Waals surface area contributed by atoms with Gasteiger partial charge in [-0.1, -0.05) is 83.5 Å². The van der Waals surface area contributed by atoms with E-state index in [2.05, 4.69) is 39.9 Å². The van der Waals surface area contributed by atoms with E-state index in [1.165, 1.54) is 5.56 Å². The van der Waals surface area contributed by atoms with Gasteiger partial charge in [0.05, 0.1) is 0 Å². The minimum atomic E-state index is -0.359. The predicted molar refractivity (Wildman–Crippen MR) is 109 cm³/mol. The molecule has 0 fully saturated rings. The van der Waals surface area contributed by atoms with E-state index in [-0.39, 0.29) is 11.3 Å². The van der Waals surface area contributed by atoms with Crippen molar-refractivity contribution in [2.75, 3.05) is 6.54 Å². The van der Waals surface area contributed by atoms with Gasteiger partial charge >= 0.3 is 0 Å². The first-order valence-electron chi connectivity index (χ1n) is 8.40. The molecule has 0 saturated heterocycles. The first kappa shape index (κ1) is 18.1. The summed E-state index contributed by atoms with van der Waals surface area (Å²) >= 11 is 5.20. The average molecular weight is 417 g/mol. The highest BCUT2D eigenvalue weighted by Crippen LogP contribution is 2.51. The third-order valence-electron chi connectivity index (χ3n) is 4.19. The van der Waals surface area contributed by atoms with Crippen LogP contribution in [0.25, 0.3) is 4.91 Å². The van der Waals surface area contributed by atoms with Gasteiger partial charge in [-0.05, 0) is 29.7 Å². The molecule has 1 heterocycles. The van der Waals surface area contributed by atoms with Crippen molar-refractivity contribution in [3.8, 4) is 0 Å². The lowest BCUT2D eigenvalue weighted by Gasteiger charge is -2.28. The van der Waals surface area contributed by atoms with Crippen molar-refractivity contribution in [1.29, 1.82) is 0 Å². The number of rotatable bonds is 6. The number of primary amides is 1. The topological polar surface area (TPSA) is 46.3 Å². The van der Waals surface area contributed by atoms with Gasteiger partial charge in [0, 0.05) is 15.9 Å². The smallest absolute Gasteiger partial charge is 0.266 e. The van der Waals surface area contributed by atoms with E-state index in [1.807, 2.05) is 42.5 Å². The van der Waals surface area contributed by atoms with Crippen LogP contribution in [0.3, 0.4) is 0 Å². The zero-order chi connectivity index (χ0) is 17.8. The Morgan fingerprint density at radius 3 is 2.44 bits per heavy atom. The molecule has 1 amide bonds. The maximum Gasteiger partial charge on any atom is 0.266 e. The van der Waals surface area contributed by atoms with Gasteiger partial charge in [-0.3, -0.25) is 4.79 Å². The number of hydrogen-bond acceptors (Lipinski definition) is 3. The molecule has 3 nitrogen and oxygen atoms in total. The van der Waals surface area contributed by atoms with Crippen LogP contribution in [-0.2, 0) is 4.79 Å². The van der Waals surface area contributed by atoms with Crippen molar-refractivity contribution in [2.24, 2.45) is 5.73 Å². The van der Waals surface area contributed by atoms with Crippen LogP contribution in [0.2, 0.25) is 0 Å². The average Bonchev–Trinajstić information content (AvgIpc) is 3.01. The van der Waals surface area contributed by atoms with Gasteiger partial charge in [-0.15, -0.1) is 0 Å². The molecule has 5 heteroatoms. The number of nitrogens with two attached hydrogens (primary N) is 1. The molecule has 1 unspecified atom stereocenters. The molecule has 0 spiro atoms. The molecule has 2 N–H and O–H groups in total. The lowest BCUT2D eigenvalue weighted by Crippen LogP contribution is -2.31. The van der Waals surface area contributed by atoms with Crippen molar-refractivity contribution in [3.63, 3.8) is 0 Å². The number of carbonyl (C=O) groups is 1. The Bertz CT molecular complexity index is 774. The summed E-state index contributed by atoms with van der Waals surface area (Å²) < 4.78 is 1.05. The summed E-state index contributed by atoms with van der Waals surface area (Å²) in [6.45, 7) is 2.97. The summed E-state index contributed by atoms with van der Waals surface area (Å²) in [5.74, 6) is -0.359. The maximum atomic E-state index is 12.3. The van der Waals surface area contributed by atoms with E-state index in [9.17, 15) is 4.79 Å². The molecule has 1 aliphatic rings. The van der Waals surface area contributed by atoms with Crippen molar-refractivity contribution >= 4 is 38.5 Å². The molecular weight excluding hydrogens is 396 g/mol. The second kappa shape index (κ2) is 8.11. The number of benzene rings is 2. The van der Waals surface area contributed by atoms with Gasteiger partial charge in [0.15, 0.2) is 0 Å². The van der Waals surface area contributed by atoms with Crippen molar-refractivity contribution in [2.45, 2.75) is 25.1 Å². The number of hydrogen-bond donors (Lipinski definition) is 1. The lowest BCUT2D eigenvalue weighted by molar-refractivity contribution is -0.116. The fourth-order valence-corrected chi connectivity index (χ4v) is 4.68. The van der Waals surface area contributed by atoms with Crippen LogP contribution in [-0.4, -0.2) is 17.4 Å². The number of thioether (sulfide) groups is 1. The molecule has 3 rings (SSSR count). The predicted octanol–water partition coefficient (Wildman–Crippen LogP) is 5.15. The number of halogens is 1. The normalized spacial score (nSPS) is 17.2. The van der Waals surface area contributed by atoms with Crippen molar-refractivity contribution in [1.82, 2.24) is 4.90 Å².